The Labute approximate surface area is 119 Å². The number of aromatic nitrogens is 3. The molecule has 0 amide bonds. The summed E-state index contributed by atoms with van der Waals surface area (Å²) in [5.74, 6) is 0.716. The van der Waals surface area contributed by atoms with Crippen molar-refractivity contribution in [1.29, 1.82) is 0 Å². The van der Waals surface area contributed by atoms with E-state index < -0.39 is 0 Å². The van der Waals surface area contributed by atoms with E-state index in [1.54, 1.807) is 4.52 Å². The molecule has 0 radical (unpaired) electrons. The molecule has 0 aromatic carbocycles. The molecule has 2 aromatic heterocycles. The second-order valence-electron chi connectivity index (χ2n) is 4.68. The van der Waals surface area contributed by atoms with Crippen LogP contribution in [0.15, 0.2) is 22.8 Å². The minimum Gasteiger partial charge on any atom is -0.352 e. The Kier molecular flexibility index (Phi) is 3.23. The van der Waals surface area contributed by atoms with Crippen molar-refractivity contribution in [3.05, 3.63) is 22.8 Å². The van der Waals surface area contributed by atoms with E-state index in [1.807, 2.05) is 30.1 Å². The third kappa shape index (κ3) is 2.23. The number of pyridine rings is 1. The molecule has 0 atom stereocenters. The smallest absolute Gasteiger partial charge is 0.243 e. The predicted molar refractivity (Wildman–Crippen MR) is 79.3 cm³/mol. The Morgan fingerprint density at radius 1 is 1.50 bits per heavy atom. The van der Waals surface area contributed by atoms with E-state index in [0.29, 0.717) is 10.7 Å². The van der Waals surface area contributed by atoms with Gasteiger partial charge in [0.15, 0.2) is 5.65 Å². The van der Waals surface area contributed by atoms with Crippen LogP contribution in [0.2, 0.25) is 0 Å². The Bertz CT molecular complexity index is 559. The van der Waals surface area contributed by atoms with Gasteiger partial charge in [0.25, 0.3) is 0 Å². The molecule has 0 saturated heterocycles. The van der Waals surface area contributed by atoms with Gasteiger partial charge in [-0.2, -0.15) is 16.7 Å². The number of nitrogens with one attached hydrogen (secondary N) is 1. The lowest BCUT2D eigenvalue weighted by Crippen LogP contribution is -2.40. The lowest BCUT2D eigenvalue weighted by molar-refractivity contribution is 0.379. The van der Waals surface area contributed by atoms with Gasteiger partial charge in [-0.15, -0.1) is 5.10 Å². The Morgan fingerprint density at radius 2 is 2.33 bits per heavy atom. The van der Waals surface area contributed by atoms with Crippen LogP contribution in [0, 0.1) is 0 Å². The monoisotopic (exact) mass is 326 g/mol. The van der Waals surface area contributed by atoms with Gasteiger partial charge in [-0.25, -0.2) is 4.52 Å². The summed E-state index contributed by atoms with van der Waals surface area (Å²) in [5.41, 5.74) is 0.868. The van der Waals surface area contributed by atoms with Crippen LogP contribution in [0.1, 0.15) is 19.3 Å². The molecule has 1 saturated carbocycles. The van der Waals surface area contributed by atoms with Crippen LogP contribution in [0.5, 0.6) is 0 Å². The van der Waals surface area contributed by atoms with E-state index in [1.165, 1.54) is 19.3 Å². The van der Waals surface area contributed by atoms with Gasteiger partial charge in [0.1, 0.15) is 0 Å². The van der Waals surface area contributed by atoms with E-state index >= 15 is 0 Å². The van der Waals surface area contributed by atoms with Crippen molar-refractivity contribution < 1.29 is 0 Å². The molecule has 2 aromatic rings. The first kappa shape index (κ1) is 12.3. The molecule has 3 rings (SSSR count). The number of thioether (sulfide) groups is 1. The van der Waals surface area contributed by atoms with Crippen molar-refractivity contribution in [2.45, 2.75) is 24.0 Å². The standard InChI is InChI=1S/C12H15BrN4S/c1-18-12(5-2-6-12)8-14-11-15-10-4-3-9(13)7-17(10)16-11/h3-4,7H,2,5-6,8H2,1H3,(H,14,16). The average Bonchev–Trinajstić information content (AvgIpc) is 2.70. The van der Waals surface area contributed by atoms with Gasteiger partial charge in [0, 0.05) is 22.0 Å². The molecular weight excluding hydrogens is 312 g/mol. The molecule has 1 aliphatic carbocycles. The maximum absolute atomic E-state index is 4.46. The van der Waals surface area contributed by atoms with Crippen LogP contribution in [0.4, 0.5) is 5.95 Å². The molecule has 1 aliphatic rings. The van der Waals surface area contributed by atoms with Crippen molar-refractivity contribution >= 4 is 39.3 Å². The van der Waals surface area contributed by atoms with Gasteiger partial charge in [0.05, 0.1) is 0 Å². The molecule has 6 heteroatoms. The first-order valence-corrected chi connectivity index (χ1v) is 8.04. The van der Waals surface area contributed by atoms with Gasteiger partial charge < -0.3 is 5.32 Å². The zero-order valence-corrected chi connectivity index (χ0v) is 12.6. The SMILES string of the molecule is CSC1(CNc2nc3ccc(Br)cn3n2)CCC1. The summed E-state index contributed by atoms with van der Waals surface area (Å²) in [4.78, 5) is 4.46. The van der Waals surface area contributed by atoms with Crippen LogP contribution in [-0.4, -0.2) is 32.1 Å². The largest absolute Gasteiger partial charge is 0.352 e. The molecule has 0 bridgehead atoms. The number of halogens is 1. The molecular formula is C12H15BrN4S. The van der Waals surface area contributed by atoms with Crippen LogP contribution in [0.25, 0.3) is 5.65 Å². The highest BCUT2D eigenvalue weighted by molar-refractivity contribution is 9.10. The fourth-order valence-electron chi connectivity index (χ4n) is 2.20. The van der Waals surface area contributed by atoms with Crippen molar-refractivity contribution in [2.24, 2.45) is 0 Å². The number of fused-ring (bicyclic) bond motifs is 1. The van der Waals surface area contributed by atoms with E-state index in [9.17, 15) is 0 Å². The first-order valence-electron chi connectivity index (χ1n) is 6.02. The number of hydrogen-bond donors (Lipinski definition) is 1. The average molecular weight is 327 g/mol. The highest BCUT2D eigenvalue weighted by atomic mass is 79.9. The topological polar surface area (TPSA) is 42.2 Å². The molecule has 2 heterocycles. The Hall–Kier alpha value is -0.750. The molecule has 4 nitrogen and oxygen atoms in total. The summed E-state index contributed by atoms with van der Waals surface area (Å²) in [7, 11) is 0. The van der Waals surface area contributed by atoms with E-state index in [0.717, 1.165) is 16.7 Å². The fraction of sp³-hybridized carbons (Fsp3) is 0.500. The van der Waals surface area contributed by atoms with E-state index in [4.69, 9.17) is 0 Å². The summed E-state index contributed by atoms with van der Waals surface area (Å²) in [6.45, 7) is 0.951. The van der Waals surface area contributed by atoms with Crippen molar-refractivity contribution in [3.8, 4) is 0 Å². The zero-order valence-electron chi connectivity index (χ0n) is 10.2. The minimum absolute atomic E-state index is 0.401. The molecule has 0 spiro atoms. The van der Waals surface area contributed by atoms with E-state index in [2.05, 4.69) is 37.6 Å². The van der Waals surface area contributed by atoms with Gasteiger partial charge in [-0.05, 0) is 47.2 Å². The molecule has 0 unspecified atom stereocenters. The fourth-order valence-corrected chi connectivity index (χ4v) is 3.44. The minimum atomic E-state index is 0.401. The lowest BCUT2D eigenvalue weighted by atomic mass is 9.84. The Balaban J connectivity index is 1.74. The second-order valence-corrected chi connectivity index (χ2v) is 6.87. The molecule has 18 heavy (non-hydrogen) atoms. The van der Waals surface area contributed by atoms with Gasteiger partial charge in [-0.1, -0.05) is 6.42 Å². The zero-order chi connectivity index (χ0) is 12.6. The second kappa shape index (κ2) is 4.74. The van der Waals surface area contributed by atoms with Crippen LogP contribution >= 0.6 is 27.7 Å². The Morgan fingerprint density at radius 3 is 3.00 bits per heavy atom. The molecule has 0 aliphatic heterocycles. The van der Waals surface area contributed by atoms with Gasteiger partial charge in [-0.3, -0.25) is 0 Å². The van der Waals surface area contributed by atoms with Crippen LogP contribution in [-0.2, 0) is 0 Å². The number of rotatable bonds is 4. The highest BCUT2D eigenvalue weighted by Gasteiger charge is 2.36. The summed E-state index contributed by atoms with van der Waals surface area (Å²) in [6.07, 6.45) is 8.03. The van der Waals surface area contributed by atoms with Crippen molar-refractivity contribution in [3.63, 3.8) is 0 Å². The van der Waals surface area contributed by atoms with E-state index in [-0.39, 0.29) is 0 Å². The highest BCUT2D eigenvalue weighted by Crippen LogP contribution is 2.42. The van der Waals surface area contributed by atoms with Gasteiger partial charge >= 0.3 is 0 Å². The number of anilines is 1. The lowest BCUT2D eigenvalue weighted by Gasteiger charge is -2.40. The molecule has 1 fully saturated rings. The number of hydrogen-bond acceptors (Lipinski definition) is 4. The third-order valence-electron chi connectivity index (χ3n) is 3.56. The number of nitrogens with zero attached hydrogens (tertiary/aromatic N) is 3. The normalized spacial score (nSPS) is 17.7. The summed E-state index contributed by atoms with van der Waals surface area (Å²) >= 11 is 5.39. The maximum atomic E-state index is 4.46. The maximum Gasteiger partial charge on any atom is 0.243 e. The summed E-state index contributed by atoms with van der Waals surface area (Å²) in [5, 5.41) is 7.79. The van der Waals surface area contributed by atoms with Crippen molar-refractivity contribution in [2.75, 3.05) is 18.1 Å². The van der Waals surface area contributed by atoms with Crippen molar-refractivity contribution in [1.82, 2.24) is 14.6 Å². The molecule has 96 valence electrons. The van der Waals surface area contributed by atoms with Gasteiger partial charge in [0.2, 0.25) is 5.95 Å². The first-order chi connectivity index (χ1) is 8.71. The molecule has 1 N–H and O–H groups in total. The summed E-state index contributed by atoms with van der Waals surface area (Å²) < 4.78 is 3.20. The predicted octanol–water partition coefficient (Wildman–Crippen LogP) is 3.19. The summed E-state index contributed by atoms with van der Waals surface area (Å²) in [6, 6.07) is 3.93. The third-order valence-corrected chi connectivity index (χ3v) is 5.45. The quantitative estimate of drug-likeness (QED) is 0.936. The van der Waals surface area contributed by atoms with Crippen LogP contribution < -0.4 is 5.32 Å². The van der Waals surface area contributed by atoms with Crippen LogP contribution in [0.3, 0.4) is 0 Å².